The second-order valence-electron chi connectivity index (χ2n) is 5.53. The Kier molecular flexibility index (Phi) is 4.02. The van der Waals surface area contributed by atoms with Crippen LogP contribution in [0.15, 0.2) is 35.6 Å². The number of hydrogen-bond donors (Lipinski definition) is 2. The third-order valence-electron chi connectivity index (χ3n) is 3.54. The molecule has 0 saturated carbocycles. The van der Waals surface area contributed by atoms with E-state index < -0.39 is 0 Å². The zero-order chi connectivity index (χ0) is 15.7. The van der Waals surface area contributed by atoms with Crippen molar-refractivity contribution >= 4 is 28.4 Å². The molecule has 1 aromatic carbocycles. The zero-order valence-electron chi connectivity index (χ0n) is 12.8. The molecular formula is C16H18N4OS. The van der Waals surface area contributed by atoms with Crippen LogP contribution in [-0.4, -0.2) is 31.2 Å². The van der Waals surface area contributed by atoms with E-state index in [1.54, 1.807) is 6.20 Å². The van der Waals surface area contributed by atoms with Crippen molar-refractivity contribution in [1.29, 1.82) is 0 Å². The van der Waals surface area contributed by atoms with Crippen molar-refractivity contribution in [1.82, 2.24) is 20.2 Å². The molecule has 0 fully saturated rings. The molecule has 0 spiro atoms. The van der Waals surface area contributed by atoms with Crippen LogP contribution in [0.1, 0.15) is 42.9 Å². The molecule has 0 aliphatic rings. The quantitative estimate of drug-likeness (QED) is 0.555. The maximum Gasteiger partial charge on any atom is 0.209 e. The van der Waals surface area contributed by atoms with Crippen LogP contribution < -0.4 is 0 Å². The van der Waals surface area contributed by atoms with Crippen LogP contribution in [0.3, 0.4) is 0 Å². The van der Waals surface area contributed by atoms with Gasteiger partial charge >= 0.3 is 0 Å². The number of hydrogen-bond acceptors (Lipinski definition) is 4. The number of benzene rings is 1. The standard InChI is InChI=1S/C16H18N4OS/c1-9(2)15-18-16(20-19-15)22-10(3)14(21)12-8-17-13-7-5-4-6-11(12)13/h4-10,17H,1-3H3,(H,18,19,20)/t10-/m0/s1. The van der Waals surface area contributed by atoms with E-state index in [0.717, 1.165) is 22.3 Å². The number of ketones is 1. The van der Waals surface area contributed by atoms with Gasteiger partial charge in [0.15, 0.2) is 5.78 Å². The van der Waals surface area contributed by atoms with Gasteiger partial charge < -0.3 is 4.98 Å². The van der Waals surface area contributed by atoms with E-state index in [4.69, 9.17) is 0 Å². The number of aromatic amines is 2. The number of H-pyrrole nitrogens is 2. The summed E-state index contributed by atoms with van der Waals surface area (Å²) in [6.07, 6.45) is 1.78. The smallest absolute Gasteiger partial charge is 0.209 e. The van der Waals surface area contributed by atoms with Crippen molar-refractivity contribution in [2.75, 3.05) is 0 Å². The maximum absolute atomic E-state index is 12.7. The summed E-state index contributed by atoms with van der Waals surface area (Å²) in [5.41, 5.74) is 1.69. The first kappa shape index (κ1) is 14.8. The fourth-order valence-corrected chi connectivity index (χ4v) is 3.07. The highest BCUT2D eigenvalue weighted by atomic mass is 32.2. The summed E-state index contributed by atoms with van der Waals surface area (Å²) in [5, 5.41) is 8.42. The van der Waals surface area contributed by atoms with E-state index in [-0.39, 0.29) is 11.0 Å². The first-order valence-corrected chi connectivity index (χ1v) is 8.13. The fraction of sp³-hybridized carbons (Fsp3) is 0.312. The van der Waals surface area contributed by atoms with Gasteiger partial charge in [0.2, 0.25) is 5.16 Å². The molecule has 5 nitrogen and oxygen atoms in total. The van der Waals surface area contributed by atoms with Crippen LogP contribution in [-0.2, 0) is 0 Å². The molecule has 0 bridgehead atoms. The van der Waals surface area contributed by atoms with Crippen LogP contribution in [0.4, 0.5) is 0 Å². The SMILES string of the molecule is CC(C)c1nc(S[C@@H](C)C(=O)c2c[nH]c3ccccc23)n[nH]1. The lowest BCUT2D eigenvalue weighted by molar-refractivity contribution is 0.0995. The summed E-state index contributed by atoms with van der Waals surface area (Å²) in [6, 6.07) is 7.81. The molecule has 3 rings (SSSR count). The lowest BCUT2D eigenvalue weighted by Gasteiger charge is -2.06. The minimum atomic E-state index is -0.241. The Morgan fingerprint density at radius 3 is 2.73 bits per heavy atom. The number of aromatic nitrogens is 4. The molecule has 2 N–H and O–H groups in total. The number of nitrogens with zero attached hydrogens (tertiary/aromatic N) is 2. The number of para-hydroxylation sites is 1. The van der Waals surface area contributed by atoms with E-state index in [0.29, 0.717) is 11.1 Å². The Labute approximate surface area is 132 Å². The molecule has 0 amide bonds. The second kappa shape index (κ2) is 5.96. The molecule has 0 unspecified atom stereocenters. The van der Waals surface area contributed by atoms with Gasteiger partial charge in [-0.05, 0) is 13.0 Å². The highest BCUT2D eigenvalue weighted by Crippen LogP contribution is 2.26. The van der Waals surface area contributed by atoms with Gasteiger partial charge in [0.1, 0.15) is 5.82 Å². The van der Waals surface area contributed by atoms with E-state index >= 15 is 0 Å². The largest absolute Gasteiger partial charge is 0.360 e. The highest BCUT2D eigenvalue weighted by molar-refractivity contribution is 8.00. The molecule has 3 aromatic rings. The Balaban J connectivity index is 1.79. The molecule has 2 aromatic heterocycles. The Morgan fingerprint density at radius 2 is 2.00 bits per heavy atom. The summed E-state index contributed by atoms with van der Waals surface area (Å²) in [4.78, 5) is 20.2. The fourth-order valence-electron chi connectivity index (χ4n) is 2.28. The minimum absolute atomic E-state index is 0.0818. The van der Waals surface area contributed by atoms with Gasteiger partial charge in [0, 0.05) is 28.6 Å². The Hall–Kier alpha value is -2.08. The van der Waals surface area contributed by atoms with Crippen molar-refractivity contribution < 1.29 is 4.79 Å². The number of carbonyl (C=O) groups excluding carboxylic acids is 1. The molecular weight excluding hydrogens is 296 g/mol. The average molecular weight is 314 g/mol. The van der Waals surface area contributed by atoms with Gasteiger partial charge in [0.05, 0.1) is 5.25 Å². The molecule has 0 radical (unpaired) electrons. The summed E-state index contributed by atoms with van der Waals surface area (Å²) < 4.78 is 0. The van der Waals surface area contributed by atoms with Gasteiger partial charge in [-0.25, -0.2) is 4.98 Å². The number of carbonyl (C=O) groups is 1. The van der Waals surface area contributed by atoms with Gasteiger partial charge in [-0.15, -0.1) is 5.10 Å². The Bertz CT molecular complexity index is 805. The van der Waals surface area contributed by atoms with Gasteiger partial charge in [-0.3, -0.25) is 9.89 Å². The lowest BCUT2D eigenvalue weighted by atomic mass is 10.1. The lowest BCUT2D eigenvalue weighted by Crippen LogP contribution is -2.13. The number of fused-ring (bicyclic) bond motifs is 1. The molecule has 1 atom stereocenters. The average Bonchev–Trinajstić information content (AvgIpc) is 3.13. The molecule has 2 heterocycles. The van der Waals surface area contributed by atoms with Crippen LogP contribution in [0, 0.1) is 0 Å². The van der Waals surface area contributed by atoms with E-state index in [9.17, 15) is 4.79 Å². The summed E-state index contributed by atoms with van der Waals surface area (Å²) in [5.74, 6) is 1.22. The third-order valence-corrected chi connectivity index (χ3v) is 4.50. The minimum Gasteiger partial charge on any atom is -0.360 e. The third kappa shape index (κ3) is 2.78. The number of thioether (sulfide) groups is 1. The first-order valence-electron chi connectivity index (χ1n) is 7.25. The van der Waals surface area contributed by atoms with E-state index in [1.807, 2.05) is 31.2 Å². The van der Waals surface area contributed by atoms with E-state index in [2.05, 4.69) is 34.0 Å². The van der Waals surface area contributed by atoms with Crippen LogP contribution in [0.5, 0.6) is 0 Å². The molecule has 0 aliphatic carbocycles. The van der Waals surface area contributed by atoms with E-state index in [1.165, 1.54) is 11.8 Å². The summed E-state index contributed by atoms with van der Waals surface area (Å²) in [7, 11) is 0. The number of nitrogens with one attached hydrogen (secondary N) is 2. The van der Waals surface area contributed by atoms with Crippen molar-refractivity contribution in [3.8, 4) is 0 Å². The molecule has 22 heavy (non-hydrogen) atoms. The number of rotatable bonds is 5. The second-order valence-corrected chi connectivity index (χ2v) is 6.84. The van der Waals surface area contributed by atoms with Crippen LogP contribution in [0.25, 0.3) is 10.9 Å². The van der Waals surface area contributed by atoms with Gasteiger partial charge in [0.25, 0.3) is 0 Å². The van der Waals surface area contributed by atoms with Crippen LogP contribution >= 0.6 is 11.8 Å². The Morgan fingerprint density at radius 1 is 1.23 bits per heavy atom. The zero-order valence-corrected chi connectivity index (χ0v) is 13.6. The van der Waals surface area contributed by atoms with Crippen molar-refractivity contribution in [2.45, 2.75) is 37.1 Å². The molecule has 0 saturated heterocycles. The topological polar surface area (TPSA) is 74.4 Å². The number of Topliss-reactive ketones (excluding diaryl/α,β-unsaturated/α-hetero) is 1. The predicted molar refractivity (Wildman–Crippen MR) is 88.4 cm³/mol. The monoisotopic (exact) mass is 314 g/mol. The maximum atomic E-state index is 12.7. The van der Waals surface area contributed by atoms with Gasteiger partial charge in [-0.2, -0.15) is 0 Å². The normalized spacial score (nSPS) is 12.9. The molecule has 6 heteroatoms. The summed E-state index contributed by atoms with van der Waals surface area (Å²) >= 11 is 1.38. The van der Waals surface area contributed by atoms with Crippen molar-refractivity contribution in [2.24, 2.45) is 0 Å². The highest BCUT2D eigenvalue weighted by Gasteiger charge is 2.21. The predicted octanol–water partition coefficient (Wildman–Crippen LogP) is 3.77. The molecule has 114 valence electrons. The van der Waals surface area contributed by atoms with Crippen molar-refractivity contribution in [3.63, 3.8) is 0 Å². The summed E-state index contributed by atoms with van der Waals surface area (Å²) in [6.45, 7) is 5.99. The van der Waals surface area contributed by atoms with Crippen LogP contribution in [0.2, 0.25) is 0 Å². The van der Waals surface area contributed by atoms with Crippen molar-refractivity contribution in [3.05, 3.63) is 41.9 Å². The van der Waals surface area contributed by atoms with Gasteiger partial charge in [-0.1, -0.05) is 43.8 Å². The first-order chi connectivity index (χ1) is 10.6. The molecule has 0 aliphatic heterocycles.